The van der Waals surface area contributed by atoms with E-state index in [4.69, 9.17) is 24.6 Å². The number of rotatable bonds is 5. The van der Waals surface area contributed by atoms with Crippen LogP contribution < -0.4 is 4.74 Å². The predicted molar refractivity (Wildman–Crippen MR) is 314 cm³/mol. The highest BCUT2D eigenvalue weighted by atomic mass is 16.5. The van der Waals surface area contributed by atoms with Crippen molar-refractivity contribution in [2.75, 3.05) is 28.4 Å². The molecule has 1 aromatic carbocycles. The van der Waals surface area contributed by atoms with Crippen molar-refractivity contribution in [3.63, 3.8) is 0 Å². The Kier molecular flexibility index (Phi) is 51.8. The second-order valence-corrected chi connectivity index (χ2v) is 21.9. The summed E-state index contributed by atoms with van der Waals surface area (Å²) in [5, 5.41) is 0. The van der Waals surface area contributed by atoms with E-state index in [1.54, 1.807) is 56.1 Å². The first-order valence-electron chi connectivity index (χ1n) is 32.4. The zero-order chi connectivity index (χ0) is 63.5. The van der Waals surface area contributed by atoms with Crippen LogP contribution in [-0.2, 0) is 9.47 Å². The molecule has 4 fully saturated rings. The van der Waals surface area contributed by atoms with Gasteiger partial charge < -0.3 is 14.2 Å². The second kappa shape index (κ2) is 61.1. The van der Waals surface area contributed by atoms with Gasteiger partial charge in [-0.15, -0.1) is 0 Å². The molecule has 0 saturated heterocycles. The second-order valence-electron chi connectivity index (χ2n) is 21.9. The van der Waals surface area contributed by atoms with Gasteiger partial charge in [0.25, 0.3) is 0 Å². The molecule has 0 aromatic heterocycles. The van der Waals surface area contributed by atoms with Gasteiger partial charge in [-0.1, -0.05) is 304 Å². The van der Waals surface area contributed by atoms with Crippen LogP contribution in [-0.4, -0.2) is 34.5 Å². The van der Waals surface area contributed by atoms with E-state index in [0.29, 0.717) is 23.4 Å². The number of para-hydroxylation sites is 1. The van der Waals surface area contributed by atoms with E-state index in [2.05, 4.69) is 46.3 Å². The third-order valence-corrected chi connectivity index (χ3v) is 9.72. The number of hydrogen-bond acceptors (Lipinski definition) is 3. The first kappa shape index (κ1) is 56.8. The average Bonchev–Trinajstić information content (AvgIpc) is 3.97. The van der Waals surface area contributed by atoms with Crippen LogP contribution in [0.2, 0.25) is 0 Å². The summed E-state index contributed by atoms with van der Waals surface area (Å²) >= 11 is 0. The summed E-state index contributed by atoms with van der Waals surface area (Å²) in [7, 11) is 6.61. The molecular weight excluding hydrogens is 817 g/mol. The van der Waals surface area contributed by atoms with Gasteiger partial charge in [-0.3, -0.25) is 0 Å². The van der Waals surface area contributed by atoms with Crippen molar-refractivity contribution < 1.29 is 29.3 Å². The van der Waals surface area contributed by atoms with Gasteiger partial charge in [0.15, 0.2) is 0 Å². The van der Waals surface area contributed by atoms with Gasteiger partial charge in [0.2, 0.25) is 0 Å². The molecule has 4 aliphatic carbocycles. The lowest BCUT2D eigenvalue weighted by Gasteiger charge is -2.18. The quantitative estimate of drug-likeness (QED) is 0.294. The van der Waals surface area contributed by atoms with Crippen molar-refractivity contribution in [1.29, 1.82) is 0 Å². The Morgan fingerprint density at radius 1 is 0.552 bits per heavy atom. The monoisotopic (exact) mass is 964 g/mol. The fraction of sp³-hybridized carbons (Fsp3) is 0.906. The van der Waals surface area contributed by atoms with Crippen molar-refractivity contribution >= 4 is 0 Å². The number of methoxy groups -OCH3 is 3. The summed E-state index contributed by atoms with van der Waals surface area (Å²) in [6.07, 6.45) is 19.3. The molecule has 4 aliphatic rings. The van der Waals surface area contributed by atoms with Crippen LogP contribution in [0.4, 0.5) is 0 Å². The zero-order valence-corrected chi connectivity index (χ0v) is 50.9. The molecule has 0 bridgehead atoms. The van der Waals surface area contributed by atoms with E-state index in [9.17, 15) is 0 Å². The number of benzene rings is 1. The minimum atomic E-state index is -1.06. The largest absolute Gasteiger partial charge is 0.497 e. The summed E-state index contributed by atoms with van der Waals surface area (Å²) in [4.78, 5) is 0. The Labute approximate surface area is 444 Å². The van der Waals surface area contributed by atoms with Crippen LogP contribution in [0, 0.1) is 46.3 Å². The molecule has 0 radical (unpaired) electrons. The molecular formula is C64H136O3. The van der Waals surface area contributed by atoms with Gasteiger partial charge >= 0.3 is 0 Å². The fourth-order valence-corrected chi connectivity index (χ4v) is 5.30. The van der Waals surface area contributed by atoms with Gasteiger partial charge in [0.05, 0.1) is 13.2 Å². The topological polar surface area (TPSA) is 27.7 Å². The first-order valence-corrected chi connectivity index (χ1v) is 26.9. The molecule has 0 amide bonds. The van der Waals surface area contributed by atoms with E-state index >= 15 is 0 Å². The third-order valence-electron chi connectivity index (χ3n) is 9.72. The van der Waals surface area contributed by atoms with Gasteiger partial charge in [0.1, 0.15) is 5.75 Å². The molecule has 0 unspecified atom stereocenters. The lowest BCUT2D eigenvalue weighted by molar-refractivity contribution is 0.134. The smallest absolute Gasteiger partial charge is 0.118 e. The van der Waals surface area contributed by atoms with Crippen molar-refractivity contribution in [2.24, 2.45) is 46.3 Å². The average molecular weight is 965 g/mol. The van der Waals surface area contributed by atoms with E-state index in [1.807, 2.05) is 113 Å². The third kappa shape index (κ3) is 103. The van der Waals surface area contributed by atoms with Crippen molar-refractivity contribution in [3.05, 3.63) is 30.3 Å². The Balaban J connectivity index is -0.000000143. The normalized spacial score (nSPS) is 20.1. The first-order chi connectivity index (χ1) is 34.8. The highest BCUT2D eigenvalue weighted by molar-refractivity contribution is 5.20. The van der Waals surface area contributed by atoms with Crippen LogP contribution in [0.1, 0.15) is 315 Å². The van der Waals surface area contributed by atoms with Gasteiger partial charge in [0, 0.05) is 36.4 Å². The summed E-state index contributed by atoms with van der Waals surface area (Å²) in [5.74, 6) is 1.34. The molecule has 0 heterocycles. The van der Waals surface area contributed by atoms with Crippen molar-refractivity contribution in [2.45, 2.75) is 306 Å². The number of ether oxygens (including phenoxy) is 3. The van der Waals surface area contributed by atoms with Crippen LogP contribution in [0.25, 0.3) is 0 Å². The molecule has 410 valence electrons. The molecule has 0 N–H and O–H groups in total. The van der Waals surface area contributed by atoms with E-state index in [-0.39, 0.29) is 29.0 Å². The minimum absolute atomic E-state index is 0.0556. The Morgan fingerprint density at radius 3 is 0.910 bits per heavy atom. The van der Waals surface area contributed by atoms with E-state index in [0.717, 1.165) is 57.1 Å². The van der Waals surface area contributed by atoms with Gasteiger partial charge in [-0.25, -0.2) is 0 Å². The number of hydrogen-bond donors (Lipinski definition) is 0. The molecule has 3 heteroatoms. The molecule has 5 rings (SSSR count). The highest BCUT2D eigenvalue weighted by Gasteiger charge is 2.11. The highest BCUT2D eigenvalue weighted by Crippen LogP contribution is 2.27. The maximum absolute atomic E-state index is 7.63. The SMILES string of the molecule is CC(C)(C)C.CCC.COC.COC(C)C.COc1ccccc1.[2H]C(C)(C)C.[2H]C([2H])(C)C(C)(C)C.[2H]C([2H])(C)C(C)C.[2H]C([2H])(C)C1CCCC1.[2H]C([2H])(C)C1CCCCC1.[2H]C1(C)CCCC1.[2H]C1(C)CCCCC1. The molecule has 4 saturated carbocycles. The van der Waals surface area contributed by atoms with Crippen LogP contribution in [0.3, 0.4) is 0 Å². The lowest BCUT2D eigenvalue weighted by Crippen LogP contribution is -2.03. The van der Waals surface area contributed by atoms with E-state index < -0.39 is 25.5 Å². The maximum atomic E-state index is 7.63. The van der Waals surface area contributed by atoms with Gasteiger partial charge in [-0.05, 0) is 72.2 Å². The van der Waals surface area contributed by atoms with Crippen LogP contribution >= 0.6 is 0 Å². The van der Waals surface area contributed by atoms with Gasteiger partial charge in [-0.2, -0.15) is 0 Å². The molecule has 0 aliphatic heterocycles. The van der Waals surface area contributed by atoms with Crippen LogP contribution in [0.5, 0.6) is 5.75 Å². The summed E-state index contributed by atoms with van der Waals surface area (Å²) in [6, 6.07) is 9.68. The van der Waals surface area contributed by atoms with E-state index in [1.165, 1.54) is 70.6 Å². The van der Waals surface area contributed by atoms with Crippen LogP contribution in [0.15, 0.2) is 30.3 Å². The molecule has 67 heavy (non-hydrogen) atoms. The summed E-state index contributed by atoms with van der Waals surface area (Å²) < 4.78 is 94.3. The molecule has 0 spiro atoms. The lowest BCUT2D eigenvalue weighted by atomic mass is 9.88. The summed E-state index contributed by atoms with van der Waals surface area (Å²) in [5.41, 5.74) is 0.271. The predicted octanol–water partition coefficient (Wildman–Crippen LogP) is 23.0. The molecule has 1 aromatic rings. The molecule has 0 atom stereocenters. The maximum Gasteiger partial charge on any atom is 0.118 e. The fourth-order valence-electron chi connectivity index (χ4n) is 5.30. The standard InChI is InChI=1S/C8H16.C7H8O.2C7H14.C6H12.C6H14.2C5H12.C4H10O.C4H10.C3H8.C2H6O/c1-2-8-6-4-3-5-7-8;1-8-7-5-3-2-4-6-7;1-7-5-3-2-4-6-7;1-2-7-5-3-4-6-7;1-6-4-2-3-5-6;1-5-6(2,3)4;1-5(2,3)4;1-4-5(2)3;1-4(2)5-3;1-4(2)3;2*1-3-2/h8H,2-7H2,1H3;2-6H,1H3;2*7H,2-6H2,1H3;6H,2-5H2,1H3;5H2,1-4H3;1-4H3;5H,4H2,1-3H3;4H,1-3H3;4H,1-3H3;3H2,1-2H3;1-2H3/i2D2;;7D;2D2;6D;5D2;;4D2;;4D;;. The Bertz CT molecular complexity index is 1330. The minimum Gasteiger partial charge on any atom is -0.497 e. The van der Waals surface area contributed by atoms with Crippen molar-refractivity contribution in [3.8, 4) is 5.75 Å². The summed E-state index contributed by atoms with van der Waals surface area (Å²) in [6.45, 7) is 42.7. The molecule has 3 nitrogen and oxygen atoms in total. The zero-order valence-electron chi connectivity index (χ0n) is 61.9. The Hall–Kier alpha value is -1.06. The van der Waals surface area contributed by atoms with Crippen molar-refractivity contribution in [1.82, 2.24) is 0 Å². The Morgan fingerprint density at radius 2 is 0.776 bits per heavy atom.